The molecule has 0 saturated carbocycles. The predicted molar refractivity (Wildman–Crippen MR) is 150 cm³/mol. The smallest absolute Gasteiger partial charge is 0.240 e. The zero-order valence-corrected chi connectivity index (χ0v) is 22.5. The summed E-state index contributed by atoms with van der Waals surface area (Å²) in [5.41, 5.74) is 3.64. The van der Waals surface area contributed by atoms with Gasteiger partial charge in [-0.05, 0) is 49.8 Å². The second kappa shape index (κ2) is 14.4. The number of fused-ring (bicyclic) bond motifs is 1. The number of carbonyl (C=O) groups is 1. The van der Waals surface area contributed by atoms with Gasteiger partial charge >= 0.3 is 0 Å². The molecule has 7 nitrogen and oxygen atoms in total. The van der Waals surface area contributed by atoms with Gasteiger partial charge in [0.1, 0.15) is 12.1 Å². The first kappa shape index (κ1) is 28.3. The molecule has 4 rings (SSSR count). The van der Waals surface area contributed by atoms with Crippen LogP contribution in [0.5, 0.6) is 0 Å². The number of unbranched alkanes of at least 4 members (excludes halogenated alkanes) is 5. The van der Waals surface area contributed by atoms with Crippen molar-refractivity contribution in [1.82, 2.24) is 15.4 Å². The number of amides is 1. The zero-order valence-electron chi connectivity index (χ0n) is 22.5. The number of hydrogen-bond acceptors (Lipinski definition) is 5. The van der Waals surface area contributed by atoms with Gasteiger partial charge in [-0.15, -0.1) is 0 Å². The molecule has 1 aromatic heterocycles. The fourth-order valence-electron chi connectivity index (χ4n) is 5.57. The Morgan fingerprint density at radius 2 is 1.71 bits per heavy atom. The SMILES string of the molecule is C[C@@H](O)[C@H]1ON(CCCCCCCCc2ccccc2)[C@@H](C(=O)NCCc2c[nH]c3ccccc23)[C@H]1CO. The molecule has 0 radical (unpaired) electrons. The maximum absolute atomic E-state index is 13.3. The van der Waals surface area contributed by atoms with E-state index in [0.29, 0.717) is 19.5 Å². The highest BCUT2D eigenvalue weighted by Crippen LogP contribution is 2.30. The van der Waals surface area contributed by atoms with E-state index in [1.807, 2.05) is 24.4 Å². The van der Waals surface area contributed by atoms with Gasteiger partial charge in [-0.2, -0.15) is 5.06 Å². The highest BCUT2D eigenvalue weighted by atomic mass is 16.7. The summed E-state index contributed by atoms with van der Waals surface area (Å²) in [6.45, 7) is 2.53. The van der Waals surface area contributed by atoms with Crippen LogP contribution in [-0.4, -0.2) is 64.1 Å². The molecule has 0 bridgehead atoms. The molecule has 7 heteroatoms. The Hall–Kier alpha value is -2.71. The summed E-state index contributed by atoms with van der Waals surface area (Å²) in [6.07, 6.45) is 9.18. The van der Waals surface area contributed by atoms with Gasteiger partial charge in [-0.3, -0.25) is 9.63 Å². The molecule has 4 atom stereocenters. The Morgan fingerprint density at radius 3 is 2.47 bits per heavy atom. The molecule has 3 aromatic rings. The van der Waals surface area contributed by atoms with E-state index in [4.69, 9.17) is 4.84 Å². The lowest BCUT2D eigenvalue weighted by molar-refractivity contribution is -0.187. The normalized spacial score (nSPS) is 20.7. The second-order valence-electron chi connectivity index (χ2n) is 10.5. The van der Waals surface area contributed by atoms with E-state index in [0.717, 1.165) is 42.1 Å². The van der Waals surface area contributed by atoms with Crippen LogP contribution in [0.4, 0.5) is 0 Å². The van der Waals surface area contributed by atoms with E-state index in [1.165, 1.54) is 24.8 Å². The lowest BCUT2D eigenvalue weighted by atomic mass is 9.92. The van der Waals surface area contributed by atoms with Gasteiger partial charge in [0.05, 0.1) is 12.7 Å². The first-order valence-electron chi connectivity index (χ1n) is 14.2. The number of benzene rings is 2. The van der Waals surface area contributed by atoms with Crippen molar-refractivity contribution in [3.8, 4) is 0 Å². The third-order valence-corrected chi connectivity index (χ3v) is 7.66. The summed E-state index contributed by atoms with van der Waals surface area (Å²) in [4.78, 5) is 22.6. The maximum Gasteiger partial charge on any atom is 0.240 e. The molecule has 1 aliphatic heterocycles. The average Bonchev–Trinajstić information content (AvgIpc) is 3.52. The fourth-order valence-corrected chi connectivity index (χ4v) is 5.57. The monoisotopic (exact) mass is 521 g/mol. The maximum atomic E-state index is 13.3. The predicted octanol–water partition coefficient (Wildman–Crippen LogP) is 4.38. The Morgan fingerprint density at radius 1 is 1.00 bits per heavy atom. The zero-order chi connectivity index (χ0) is 26.7. The number of aliphatic hydroxyl groups excluding tert-OH is 2. The van der Waals surface area contributed by atoms with Gasteiger partial charge in [-0.1, -0.05) is 74.2 Å². The summed E-state index contributed by atoms with van der Waals surface area (Å²) >= 11 is 0. The van der Waals surface area contributed by atoms with Crippen molar-refractivity contribution in [2.45, 2.75) is 76.5 Å². The molecule has 0 aliphatic carbocycles. The minimum absolute atomic E-state index is 0.159. The molecule has 2 heterocycles. The van der Waals surface area contributed by atoms with E-state index in [2.05, 4.69) is 46.7 Å². The molecule has 0 unspecified atom stereocenters. The number of hydroxylamine groups is 2. The number of aliphatic hydroxyl groups is 2. The Bertz CT molecular complexity index is 1120. The van der Waals surface area contributed by atoms with Crippen LogP contribution in [0.25, 0.3) is 10.9 Å². The van der Waals surface area contributed by atoms with Gasteiger partial charge < -0.3 is 20.5 Å². The topological polar surface area (TPSA) is 97.8 Å². The fraction of sp³-hybridized carbons (Fsp3) is 0.516. The minimum atomic E-state index is -0.775. The van der Waals surface area contributed by atoms with Crippen molar-refractivity contribution in [3.05, 3.63) is 71.9 Å². The molecule has 38 heavy (non-hydrogen) atoms. The molecular weight excluding hydrogens is 478 g/mol. The van der Waals surface area contributed by atoms with Crippen LogP contribution in [0.1, 0.15) is 56.6 Å². The minimum Gasteiger partial charge on any atom is -0.396 e. The second-order valence-corrected chi connectivity index (χ2v) is 10.5. The van der Waals surface area contributed by atoms with Crippen molar-refractivity contribution in [3.63, 3.8) is 0 Å². The Labute approximate surface area is 226 Å². The quantitative estimate of drug-likeness (QED) is 0.223. The van der Waals surface area contributed by atoms with E-state index >= 15 is 0 Å². The standard InChI is InChI=1S/C31H43N3O4/c1-23(36)30-27(22-35)29(31(37)32-19-18-25-21-33-28-17-11-10-16-26(25)28)34(38-30)20-12-5-3-2-4-7-13-24-14-8-6-9-15-24/h6,8-11,14-17,21,23,27,29-30,33,35-36H,2-5,7,12-13,18-20,22H2,1H3,(H,32,37)/t23-,27-,29-,30-/m1/s1. The molecule has 4 N–H and O–H groups in total. The summed E-state index contributed by atoms with van der Waals surface area (Å²) in [6, 6.07) is 18.1. The molecule has 1 amide bonds. The van der Waals surface area contributed by atoms with Crippen LogP contribution in [-0.2, 0) is 22.5 Å². The van der Waals surface area contributed by atoms with Crippen molar-refractivity contribution in [1.29, 1.82) is 0 Å². The highest BCUT2D eigenvalue weighted by molar-refractivity contribution is 5.84. The van der Waals surface area contributed by atoms with E-state index in [1.54, 1.807) is 12.0 Å². The largest absolute Gasteiger partial charge is 0.396 e. The number of nitrogens with zero attached hydrogens (tertiary/aromatic N) is 1. The van der Waals surface area contributed by atoms with Gasteiger partial charge in [-0.25, -0.2) is 0 Å². The van der Waals surface area contributed by atoms with Crippen LogP contribution in [0.3, 0.4) is 0 Å². The highest BCUT2D eigenvalue weighted by Gasteiger charge is 2.48. The van der Waals surface area contributed by atoms with Gasteiger partial charge in [0.2, 0.25) is 5.91 Å². The third kappa shape index (κ3) is 7.44. The summed E-state index contributed by atoms with van der Waals surface area (Å²) in [5, 5.41) is 26.3. The van der Waals surface area contributed by atoms with Crippen molar-refractivity contribution >= 4 is 16.8 Å². The molecule has 0 spiro atoms. The molecule has 1 saturated heterocycles. The van der Waals surface area contributed by atoms with Crippen molar-refractivity contribution in [2.75, 3.05) is 19.7 Å². The number of aromatic amines is 1. The Balaban J connectivity index is 1.22. The molecule has 206 valence electrons. The number of para-hydroxylation sites is 1. The van der Waals surface area contributed by atoms with Crippen LogP contribution in [0.2, 0.25) is 0 Å². The first-order valence-corrected chi connectivity index (χ1v) is 14.2. The number of hydrogen-bond donors (Lipinski definition) is 4. The molecule has 1 fully saturated rings. The average molecular weight is 522 g/mol. The number of aromatic nitrogens is 1. The summed E-state index contributed by atoms with van der Waals surface area (Å²) in [7, 11) is 0. The van der Waals surface area contributed by atoms with Crippen molar-refractivity contribution in [2.24, 2.45) is 5.92 Å². The number of carbonyl (C=O) groups excluding carboxylic acids is 1. The van der Waals surface area contributed by atoms with Crippen LogP contribution < -0.4 is 5.32 Å². The lowest BCUT2D eigenvalue weighted by Crippen LogP contribution is -2.48. The first-order chi connectivity index (χ1) is 18.6. The van der Waals surface area contributed by atoms with Crippen LogP contribution in [0, 0.1) is 5.92 Å². The van der Waals surface area contributed by atoms with E-state index < -0.39 is 24.2 Å². The third-order valence-electron chi connectivity index (χ3n) is 7.66. The van der Waals surface area contributed by atoms with Crippen LogP contribution in [0.15, 0.2) is 60.8 Å². The van der Waals surface area contributed by atoms with Crippen molar-refractivity contribution < 1.29 is 19.8 Å². The van der Waals surface area contributed by atoms with E-state index in [-0.39, 0.29) is 12.5 Å². The molecule has 2 aromatic carbocycles. The number of rotatable bonds is 15. The number of H-pyrrole nitrogens is 1. The number of aryl methyl sites for hydroxylation is 1. The van der Waals surface area contributed by atoms with Gasteiger partial charge in [0.15, 0.2) is 0 Å². The Kier molecular flexibility index (Phi) is 10.8. The summed E-state index contributed by atoms with van der Waals surface area (Å²) in [5.74, 6) is -0.631. The van der Waals surface area contributed by atoms with Gasteiger partial charge in [0, 0.05) is 36.1 Å². The summed E-state index contributed by atoms with van der Waals surface area (Å²) < 4.78 is 0. The molecule has 1 aliphatic rings. The molecular formula is C31H43N3O4. The number of nitrogens with one attached hydrogen (secondary N) is 2. The van der Waals surface area contributed by atoms with E-state index in [9.17, 15) is 15.0 Å². The van der Waals surface area contributed by atoms with Gasteiger partial charge in [0.25, 0.3) is 0 Å². The lowest BCUT2D eigenvalue weighted by Gasteiger charge is -2.24. The van der Waals surface area contributed by atoms with Crippen LogP contribution >= 0.6 is 0 Å².